The fourth-order valence-corrected chi connectivity index (χ4v) is 5.01. The summed E-state index contributed by atoms with van der Waals surface area (Å²) in [5.74, 6) is 0. The van der Waals surface area contributed by atoms with Crippen LogP contribution in [0.5, 0.6) is 0 Å². The van der Waals surface area contributed by atoms with Crippen LogP contribution in [0.4, 0.5) is 0 Å². The zero-order chi connectivity index (χ0) is 22.6. The number of aromatic nitrogens is 2. The van der Waals surface area contributed by atoms with E-state index in [0.717, 1.165) is 60.6 Å². The van der Waals surface area contributed by atoms with E-state index in [9.17, 15) is 5.26 Å². The Morgan fingerprint density at radius 2 is 1.53 bits per heavy atom. The van der Waals surface area contributed by atoms with E-state index < -0.39 is 0 Å². The smallest absolute Gasteiger partial charge is 0.145 e. The number of nitrogens with zero attached hydrogens (tertiary/aromatic N) is 3. The Morgan fingerprint density at radius 1 is 0.706 bits per heavy atom. The summed E-state index contributed by atoms with van der Waals surface area (Å²) in [5.41, 5.74) is 7.49. The van der Waals surface area contributed by atoms with Gasteiger partial charge in [0.2, 0.25) is 0 Å². The van der Waals surface area contributed by atoms with Crippen molar-refractivity contribution in [3.63, 3.8) is 0 Å². The van der Waals surface area contributed by atoms with E-state index in [4.69, 9.17) is 4.42 Å². The summed E-state index contributed by atoms with van der Waals surface area (Å²) < 4.78 is 8.68. The van der Waals surface area contributed by atoms with Crippen molar-refractivity contribution < 1.29 is 4.42 Å². The second kappa shape index (κ2) is 7.06. The molecule has 0 N–H and O–H groups in total. The fourth-order valence-electron chi connectivity index (χ4n) is 5.01. The van der Waals surface area contributed by atoms with Gasteiger partial charge in [-0.15, -0.1) is 0 Å². The van der Waals surface area contributed by atoms with Crippen molar-refractivity contribution >= 4 is 43.7 Å². The van der Waals surface area contributed by atoms with E-state index in [1.807, 2.05) is 30.3 Å². The molecule has 0 aliphatic heterocycles. The van der Waals surface area contributed by atoms with Crippen LogP contribution >= 0.6 is 0 Å². The van der Waals surface area contributed by atoms with Gasteiger partial charge in [0.25, 0.3) is 0 Å². The first kappa shape index (κ1) is 18.7. The monoisotopic (exact) mass is 435 g/mol. The van der Waals surface area contributed by atoms with Gasteiger partial charge in [0.1, 0.15) is 22.9 Å². The molecule has 0 aliphatic rings. The van der Waals surface area contributed by atoms with Crippen molar-refractivity contribution in [1.29, 1.82) is 5.26 Å². The van der Waals surface area contributed by atoms with Crippen molar-refractivity contribution in [3.8, 4) is 22.9 Å². The third kappa shape index (κ3) is 2.61. The van der Waals surface area contributed by atoms with E-state index in [1.54, 1.807) is 6.20 Å². The van der Waals surface area contributed by atoms with Gasteiger partial charge in [0.15, 0.2) is 0 Å². The summed E-state index contributed by atoms with van der Waals surface area (Å²) >= 11 is 0. The van der Waals surface area contributed by atoms with Crippen LogP contribution in [-0.4, -0.2) is 9.55 Å². The van der Waals surface area contributed by atoms with E-state index in [2.05, 4.69) is 82.4 Å². The zero-order valence-corrected chi connectivity index (χ0v) is 18.1. The molecule has 3 heterocycles. The highest BCUT2D eigenvalue weighted by molar-refractivity contribution is 6.23. The molecule has 34 heavy (non-hydrogen) atoms. The van der Waals surface area contributed by atoms with Crippen molar-refractivity contribution in [2.24, 2.45) is 0 Å². The van der Waals surface area contributed by atoms with Gasteiger partial charge in [-0.05, 0) is 59.7 Å². The van der Waals surface area contributed by atoms with Crippen LogP contribution in [0.3, 0.4) is 0 Å². The number of pyridine rings is 1. The SMILES string of the molecule is N#Cc1cc(-c2cccc(-n3c4ccccc4c4c5oc6ccccc6c5ccc43)c2)ccn1. The number of para-hydroxylation sites is 2. The van der Waals surface area contributed by atoms with E-state index in [0.29, 0.717) is 5.69 Å². The molecule has 4 nitrogen and oxygen atoms in total. The van der Waals surface area contributed by atoms with Gasteiger partial charge in [-0.25, -0.2) is 4.98 Å². The van der Waals surface area contributed by atoms with E-state index in [1.165, 1.54) is 0 Å². The minimum atomic E-state index is 0.409. The number of nitriles is 1. The largest absolute Gasteiger partial charge is 0.455 e. The molecule has 0 atom stereocenters. The first-order chi connectivity index (χ1) is 16.8. The molecule has 158 valence electrons. The highest BCUT2D eigenvalue weighted by Crippen LogP contribution is 2.40. The molecule has 3 aromatic heterocycles. The lowest BCUT2D eigenvalue weighted by molar-refractivity contribution is 0.673. The van der Waals surface area contributed by atoms with E-state index >= 15 is 0 Å². The lowest BCUT2D eigenvalue weighted by atomic mass is 10.1. The first-order valence-corrected chi connectivity index (χ1v) is 11.1. The predicted molar refractivity (Wildman–Crippen MR) is 136 cm³/mol. The molecule has 0 spiro atoms. The minimum Gasteiger partial charge on any atom is -0.455 e. The minimum absolute atomic E-state index is 0.409. The Kier molecular flexibility index (Phi) is 3.88. The normalized spacial score (nSPS) is 11.5. The molecule has 0 saturated heterocycles. The van der Waals surface area contributed by atoms with Crippen molar-refractivity contribution in [2.75, 3.05) is 0 Å². The van der Waals surface area contributed by atoms with Crippen LogP contribution in [0.1, 0.15) is 5.69 Å². The van der Waals surface area contributed by atoms with Gasteiger partial charge in [0.05, 0.1) is 16.4 Å². The molecule has 0 saturated carbocycles. The van der Waals surface area contributed by atoms with Crippen molar-refractivity contribution in [3.05, 3.63) is 109 Å². The van der Waals surface area contributed by atoms with Gasteiger partial charge in [-0.2, -0.15) is 5.26 Å². The zero-order valence-electron chi connectivity index (χ0n) is 18.1. The highest BCUT2D eigenvalue weighted by atomic mass is 16.3. The Labute approximate surface area is 194 Å². The molecule has 7 aromatic rings. The Bertz CT molecular complexity index is 1930. The number of hydrogen-bond donors (Lipinski definition) is 0. The summed E-state index contributed by atoms with van der Waals surface area (Å²) in [5, 5.41) is 13.8. The third-order valence-electron chi connectivity index (χ3n) is 6.49. The number of benzene rings is 4. The van der Waals surface area contributed by atoms with Gasteiger partial charge in [-0.1, -0.05) is 48.5 Å². The summed E-state index contributed by atoms with van der Waals surface area (Å²) in [6.07, 6.45) is 1.68. The summed E-state index contributed by atoms with van der Waals surface area (Å²) in [6.45, 7) is 0. The topological polar surface area (TPSA) is 54.8 Å². The molecular formula is C30H17N3O. The fraction of sp³-hybridized carbons (Fsp3) is 0. The molecule has 0 amide bonds. The molecule has 0 fully saturated rings. The molecular weight excluding hydrogens is 418 g/mol. The van der Waals surface area contributed by atoms with Crippen LogP contribution in [-0.2, 0) is 0 Å². The number of furan rings is 1. The average molecular weight is 435 g/mol. The highest BCUT2D eigenvalue weighted by Gasteiger charge is 2.18. The number of fused-ring (bicyclic) bond motifs is 7. The second-order valence-corrected chi connectivity index (χ2v) is 8.38. The Morgan fingerprint density at radius 3 is 2.44 bits per heavy atom. The van der Waals surface area contributed by atoms with Crippen LogP contribution < -0.4 is 0 Å². The maximum absolute atomic E-state index is 9.26. The van der Waals surface area contributed by atoms with Gasteiger partial charge in [-0.3, -0.25) is 0 Å². The Hall–Kier alpha value is -4.88. The molecule has 0 aliphatic carbocycles. The van der Waals surface area contributed by atoms with Gasteiger partial charge < -0.3 is 8.98 Å². The summed E-state index contributed by atoms with van der Waals surface area (Å²) in [7, 11) is 0. The summed E-state index contributed by atoms with van der Waals surface area (Å²) in [6, 6.07) is 35.3. The summed E-state index contributed by atoms with van der Waals surface area (Å²) in [4.78, 5) is 4.11. The van der Waals surface area contributed by atoms with E-state index in [-0.39, 0.29) is 0 Å². The quantitative estimate of drug-likeness (QED) is 0.281. The van der Waals surface area contributed by atoms with Crippen LogP contribution in [0.2, 0.25) is 0 Å². The van der Waals surface area contributed by atoms with Crippen molar-refractivity contribution in [2.45, 2.75) is 0 Å². The number of hydrogen-bond acceptors (Lipinski definition) is 3. The lowest BCUT2D eigenvalue weighted by Gasteiger charge is -2.10. The van der Waals surface area contributed by atoms with Crippen LogP contribution in [0.25, 0.3) is 60.6 Å². The van der Waals surface area contributed by atoms with Crippen molar-refractivity contribution in [1.82, 2.24) is 9.55 Å². The maximum Gasteiger partial charge on any atom is 0.145 e. The third-order valence-corrected chi connectivity index (χ3v) is 6.49. The standard InChI is InChI=1S/C30H17N3O/c31-18-21-16-20(14-15-32-21)19-6-5-7-22(17-19)33-26-10-3-1-9-25(26)29-27(33)13-12-24-23-8-2-4-11-28(23)34-30(24)29/h1-17H. The maximum atomic E-state index is 9.26. The Balaban J connectivity index is 1.55. The molecule has 0 bridgehead atoms. The predicted octanol–water partition coefficient (Wildman–Crippen LogP) is 7.62. The van der Waals surface area contributed by atoms with Gasteiger partial charge in [0, 0.05) is 28.0 Å². The number of rotatable bonds is 2. The van der Waals surface area contributed by atoms with Crippen LogP contribution in [0.15, 0.2) is 108 Å². The lowest BCUT2D eigenvalue weighted by Crippen LogP contribution is -1.94. The van der Waals surface area contributed by atoms with Crippen LogP contribution in [0, 0.1) is 11.3 Å². The molecule has 7 rings (SSSR count). The molecule has 0 radical (unpaired) electrons. The molecule has 0 unspecified atom stereocenters. The average Bonchev–Trinajstić information content (AvgIpc) is 3.44. The second-order valence-electron chi connectivity index (χ2n) is 8.38. The molecule has 4 heteroatoms. The first-order valence-electron chi connectivity index (χ1n) is 11.1. The molecule has 4 aromatic carbocycles. The van der Waals surface area contributed by atoms with Gasteiger partial charge >= 0.3 is 0 Å².